The molecule has 0 aromatic heterocycles. The second kappa shape index (κ2) is 44.4. The van der Waals surface area contributed by atoms with Crippen molar-refractivity contribution in [2.24, 2.45) is 5.41 Å². The van der Waals surface area contributed by atoms with E-state index in [0.29, 0.717) is 37.9 Å². The van der Waals surface area contributed by atoms with Crippen LogP contribution in [0.25, 0.3) is 0 Å². The molecule has 1 saturated heterocycles. The number of hydrogen-bond donors (Lipinski definition) is 10. The van der Waals surface area contributed by atoms with Crippen molar-refractivity contribution in [3.63, 3.8) is 0 Å². The average Bonchev–Trinajstić information content (AvgIpc) is 1.69. The average molecular weight is 1630 g/mol. The van der Waals surface area contributed by atoms with E-state index in [2.05, 4.69) is 81.4 Å². The van der Waals surface area contributed by atoms with Gasteiger partial charge in [-0.1, -0.05) is 33.6 Å². The van der Waals surface area contributed by atoms with E-state index in [1.165, 1.54) is 11.8 Å². The standard InChI is InChI=1S/C40H80N2O44P10S/c1-40(2,3)10-14-68-88(49,50)70-16-18-72-90(53,54)74-20-22-76-92(57,58)78-24-26-80-94(61,62)82-28-30-84-96(65,66)86-32-31-85-95(63,64)83-29-27-81-93(59,60)79-25-23-77-91(55,56)75-21-19-73-89(51,52)71-17-15-69-87(47,48)67-13-6-4-5-7-33-97-35-34-38(45)42(39(35)46)12-11-41-36(43)8-9-37(41)44/h8-9,35H,4-7,10-34H2,1-3H3,(H,47,48)(H,49,50)(H,51,52)(H,53,54)(H,55,56)(H,57,58)(H,59,60)(H,61,62)(H,63,64)(H,65,66). The van der Waals surface area contributed by atoms with Crippen molar-refractivity contribution in [1.82, 2.24) is 9.80 Å². The number of thioether (sulfide) groups is 1. The number of likely N-dealkylation sites (tertiary alicyclic amines) is 1. The first kappa shape index (κ1) is 92.6. The van der Waals surface area contributed by atoms with E-state index in [4.69, 9.17) is 9.05 Å². The molecule has 0 bridgehead atoms. The first-order valence-electron chi connectivity index (χ1n) is 27.9. The molecule has 2 aliphatic heterocycles. The van der Waals surface area contributed by atoms with E-state index in [9.17, 15) is 114 Å². The predicted octanol–water partition coefficient (Wildman–Crippen LogP) is 4.10. The lowest BCUT2D eigenvalue weighted by Gasteiger charge is -2.19. The summed E-state index contributed by atoms with van der Waals surface area (Å²) >= 11 is 1.29. The molecule has 11 unspecified atom stereocenters. The Morgan fingerprint density at radius 2 is 0.557 bits per heavy atom. The van der Waals surface area contributed by atoms with Crippen LogP contribution in [0.4, 0.5) is 0 Å². The van der Waals surface area contributed by atoms with Crippen molar-refractivity contribution in [2.75, 3.05) is 151 Å². The minimum Gasteiger partial charge on any atom is -0.302 e. The van der Waals surface area contributed by atoms with Gasteiger partial charge in [-0.25, -0.2) is 45.7 Å². The maximum atomic E-state index is 12.7. The molecule has 0 saturated carbocycles. The quantitative estimate of drug-likeness (QED) is 0.0233. The molecule has 11 atom stereocenters. The summed E-state index contributed by atoms with van der Waals surface area (Å²) in [5, 5.41) is -0.599. The molecule has 2 heterocycles. The van der Waals surface area contributed by atoms with Crippen molar-refractivity contribution in [2.45, 2.75) is 64.5 Å². The van der Waals surface area contributed by atoms with E-state index in [1.54, 1.807) is 0 Å². The zero-order valence-corrected chi connectivity index (χ0v) is 61.6. The van der Waals surface area contributed by atoms with Crippen molar-refractivity contribution < 1.29 is 204 Å². The Bertz CT molecular complexity index is 2990. The van der Waals surface area contributed by atoms with Gasteiger partial charge in [-0.15, -0.1) is 11.8 Å². The zero-order valence-electron chi connectivity index (χ0n) is 51.9. The lowest BCUT2D eigenvalue weighted by Crippen LogP contribution is -2.41. The Balaban J connectivity index is 1.47. The highest BCUT2D eigenvalue weighted by Gasteiger charge is 2.40. The van der Waals surface area contributed by atoms with E-state index in [-0.39, 0.29) is 38.1 Å². The highest BCUT2D eigenvalue weighted by atomic mass is 32.2. The molecule has 10 N–H and O–H groups in total. The maximum absolute atomic E-state index is 12.7. The number of carbonyl (C=O) groups excluding carboxylic acids is 4. The third-order valence-corrected chi connectivity index (χ3v) is 22.2. The molecule has 0 aromatic rings. The minimum atomic E-state index is -5.00. The van der Waals surface area contributed by atoms with Crippen LogP contribution in [0.2, 0.25) is 0 Å². The fraction of sp³-hybridized carbons (Fsp3) is 0.850. The Labute approximate surface area is 558 Å². The van der Waals surface area contributed by atoms with Crippen LogP contribution in [-0.2, 0) is 155 Å². The number of rotatable bonds is 60. The first-order chi connectivity index (χ1) is 44.8. The fourth-order valence-corrected chi connectivity index (χ4v) is 14.5. The molecule has 46 nitrogen and oxygen atoms in total. The second-order valence-corrected chi connectivity index (χ2v) is 35.5. The molecule has 0 radical (unpaired) electrons. The smallest absolute Gasteiger partial charge is 0.302 e. The lowest BCUT2D eigenvalue weighted by molar-refractivity contribution is -0.142. The van der Waals surface area contributed by atoms with E-state index in [0.717, 1.165) is 22.0 Å². The van der Waals surface area contributed by atoms with Gasteiger partial charge in [-0.05, 0) is 30.4 Å². The van der Waals surface area contributed by atoms with Gasteiger partial charge in [0.25, 0.3) is 11.8 Å². The van der Waals surface area contributed by atoms with E-state index < -0.39 is 226 Å². The fourth-order valence-electron chi connectivity index (χ4n) is 6.42. The normalized spacial score (nSPS) is 21.1. The van der Waals surface area contributed by atoms with Gasteiger partial charge in [0.05, 0.1) is 137 Å². The topological polar surface area (TPSA) is 632 Å². The van der Waals surface area contributed by atoms with Gasteiger partial charge >= 0.3 is 78.2 Å². The van der Waals surface area contributed by atoms with Gasteiger partial charge in [0.2, 0.25) is 11.8 Å². The molecule has 2 aliphatic rings. The number of phosphoric acid groups is 10. The zero-order chi connectivity index (χ0) is 73.3. The summed E-state index contributed by atoms with van der Waals surface area (Å²) in [7, 11) is -48.6. The number of carbonyl (C=O) groups is 4. The summed E-state index contributed by atoms with van der Waals surface area (Å²) in [5.74, 6) is -1.32. The molecule has 570 valence electrons. The van der Waals surface area contributed by atoms with Gasteiger partial charge < -0.3 is 48.9 Å². The number of nitrogens with zero attached hydrogens (tertiary/aromatic N) is 2. The minimum absolute atomic E-state index is 0.0126. The van der Waals surface area contributed by atoms with Gasteiger partial charge in [-0.3, -0.25) is 119 Å². The molecular weight excluding hydrogens is 1550 g/mol. The molecule has 0 aliphatic carbocycles. The third kappa shape index (κ3) is 46.1. The summed E-state index contributed by atoms with van der Waals surface area (Å²) in [4.78, 5) is 148. The van der Waals surface area contributed by atoms with Gasteiger partial charge in [-0.2, -0.15) is 0 Å². The van der Waals surface area contributed by atoms with Crippen LogP contribution in [0.5, 0.6) is 0 Å². The molecule has 4 amide bonds. The Morgan fingerprint density at radius 3 is 0.804 bits per heavy atom. The highest BCUT2D eigenvalue weighted by molar-refractivity contribution is 8.00. The molecule has 1 fully saturated rings. The second-order valence-electron chi connectivity index (χ2n) is 19.7. The van der Waals surface area contributed by atoms with E-state index >= 15 is 0 Å². The van der Waals surface area contributed by atoms with Crippen molar-refractivity contribution in [1.29, 1.82) is 0 Å². The summed E-state index contributed by atoms with van der Waals surface area (Å²) < 4.78 is 212. The Morgan fingerprint density at radius 1 is 0.340 bits per heavy atom. The van der Waals surface area contributed by atoms with Crippen LogP contribution in [0.1, 0.15) is 59.3 Å². The van der Waals surface area contributed by atoms with Crippen LogP contribution in [-0.4, -0.2) is 239 Å². The third-order valence-electron chi connectivity index (χ3n) is 10.7. The molecule has 2 rings (SSSR count). The number of hydrogen-bond acceptors (Lipinski definition) is 35. The van der Waals surface area contributed by atoms with Crippen molar-refractivity contribution in [3.8, 4) is 0 Å². The number of imide groups is 2. The summed E-state index contributed by atoms with van der Waals surface area (Å²) in [6.45, 7) is -10.3. The summed E-state index contributed by atoms with van der Waals surface area (Å²) in [6, 6.07) is 0. The van der Waals surface area contributed by atoms with Crippen LogP contribution in [0.15, 0.2) is 12.2 Å². The molecule has 0 aromatic carbocycles. The number of amides is 4. The van der Waals surface area contributed by atoms with Gasteiger partial charge in [0.1, 0.15) is 0 Å². The summed E-state index contributed by atoms with van der Waals surface area (Å²) in [6.07, 6.45) is 4.77. The van der Waals surface area contributed by atoms with Crippen LogP contribution < -0.4 is 0 Å². The maximum Gasteiger partial charge on any atom is 0.472 e. The number of unbranched alkanes of at least 4 members (excludes halogenated alkanes) is 3. The van der Waals surface area contributed by atoms with Crippen LogP contribution >= 0.6 is 90.0 Å². The molecule has 97 heavy (non-hydrogen) atoms. The molecule has 0 spiro atoms. The van der Waals surface area contributed by atoms with Crippen LogP contribution in [0.3, 0.4) is 0 Å². The Hall–Kier alpha value is -0.530. The molecule has 57 heteroatoms. The lowest BCUT2D eigenvalue weighted by atomic mass is 9.93. The summed E-state index contributed by atoms with van der Waals surface area (Å²) in [5.41, 5.74) is -0.197. The Kier molecular flexibility index (Phi) is 42.4. The van der Waals surface area contributed by atoms with Crippen molar-refractivity contribution >= 4 is 114 Å². The predicted molar refractivity (Wildman–Crippen MR) is 323 cm³/mol. The van der Waals surface area contributed by atoms with E-state index in [1.807, 2.05) is 20.8 Å². The highest BCUT2D eigenvalue weighted by Crippen LogP contribution is 2.52. The van der Waals surface area contributed by atoms with Crippen LogP contribution in [0, 0.1) is 5.41 Å². The van der Waals surface area contributed by atoms with Crippen molar-refractivity contribution in [3.05, 3.63) is 12.2 Å². The molecular formula is C40H80N2O44P10S. The SMILES string of the molecule is CC(C)(C)CCOP(=O)(O)OCCOP(=O)(O)OCCOP(=O)(O)OCCOP(=O)(O)OCCOP(=O)(O)OCCOP(=O)(O)OCCOP(=O)(O)OCCOP(=O)(O)OCCOP(=O)(O)OCCOP(=O)(O)OCCCCCCSC1CC(=O)N(CCN2C(=O)C=CC2=O)C1=O. The van der Waals surface area contributed by atoms with Gasteiger partial charge in [0.15, 0.2) is 0 Å². The monoisotopic (exact) mass is 1630 g/mol. The first-order valence-corrected chi connectivity index (χ1v) is 43.9. The number of phosphoric ester groups is 10. The largest absolute Gasteiger partial charge is 0.472 e. The van der Waals surface area contributed by atoms with Gasteiger partial charge in [0, 0.05) is 31.7 Å².